The summed E-state index contributed by atoms with van der Waals surface area (Å²) in [5.74, 6) is -0.115. The molecule has 112 valence electrons. The minimum absolute atomic E-state index is 0.0568. The van der Waals surface area contributed by atoms with Gasteiger partial charge in [-0.25, -0.2) is 8.42 Å². The number of fused-ring (bicyclic) bond motifs is 1. The van der Waals surface area contributed by atoms with Crippen LogP contribution in [0, 0.1) is 6.92 Å². The van der Waals surface area contributed by atoms with Crippen molar-refractivity contribution in [3.63, 3.8) is 0 Å². The second kappa shape index (κ2) is 4.96. The fourth-order valence-electron chi connectivity index (χ4n) is 2.77. The van der Waals surface area contributed by atoms with Gasteiger partial charge in [-0.3, -0.25) is 4.98 Å². The molecule has 1 unspecified atom stereocenters. The summed E-state index contributed by atoms with van der Waals surface area (Å²) < 4.78 is 23.1. The summed E-state index contributed by atoms with van der Waals surface area (Å²) >= 11 is 0. The highest BCUT2D eigenvalue weighted by atomic mass is 32.2. The number of pyridine rings is 1. The highest BCUT2D eigenvalue weighted by Gasteiger charge is 2.40. The van der Waals surface area contributed by atoms with Crippen LogP contribution in [0.1, 0.15) is 12.0 Å². The van der Waals surface area contributed by atoms with E-state index in [-0.39, 0.29) is 24.5 Å². The molecule has 0 radical (unpaired) electrons. The van der Waals surface area contributed by atoms with Gasteiger partial charge in [0, 0.05) is 23.8 Å². The maximum atomic E-state index is 11.5. The van der Waals surface area contributed by atoms with Crippen LogP contribution in [0.5, 0.6) is 0 Å². The van der Waals surface area contributed by atoms with Crippen LogP contribution in [0.25, 0.3) is 10.9 Å². The van der Waals surface area contributed by atoms with Crippen LogP contribution < -0.4 is 5.32 Å². The maximum Gasteiger partial charge on any atom is 0.153 e. The normalized spacial score (nSPS) is 24.3. The summed E-state index contributed by atoms with van der Waals surface area (Å²) in [4.78, 5) is 4.36. The number of anilines is 1. The fourth-order valence-corrected chi connectivity index (χ4v) is 4.67. The molecule has 1 aromatic carbocycles. The molecule has 2 N–H and O–H groups in total. The first-order valence-electron chi connectivity index (χ1n) is 6.90. The minimum Gasteiger partial charge on any atom is -0.387 e. The Kier molecular flexibility index (Phi) is 3.37. The van der Waals surface area contributed by atoms with Gasteiger partial charge in [0.05, 0.1) is 22.6 Å². The predicted octanol–water partition coefficient (Wildman–Crippen LogP) is 1.50. The van der Waals surface area contributed by atoms with Gasteiger partial charge in [0.25, 0.3) is 0 Å². The van der Waals surface area contributed by atoms with E-state index in [9.17, 15) is 13.5 Å². The highest BCUT2D eigenvalue weighted by Crippen LogP contribution is 2.28. The minimum atomic E-state index is -3.11. The molecule has 2 heterocycles. The molecule has 1 aromatic heterocycles. The summed E-state index contributed by atoms with van der Waals surface area (Å²) in [5, 5.41) is 14.6. The number of aromatic nitrogens is 1. The van der Waals surface area contributed by atoms with Crippen LogP contribution in [-0.4, -0.2) is 42.2 Å². The summed E-state index contributed by atoms with van der Waals surface area (Å²) in [5.41, 5.74) is 1.56. The third-order valence-corrected chi connectivity index (χ3v) is 5.73. The summed E-state index contributed by atoms with van der Waals surface area (Å²) in [6, 6.07) is 7.75. The monoisotopic (exact) mass is 306 g/mol. The van der Waals surface area contributed by atoms with Crippen molar-refractivity contribution < 1.29 is 13.5 Å². The summed E-state index contributed by atoms with van der Waals surface area (Å²) in [7, 11) is -3.11. The Hall–Kier alpha value is -1.66. The molecule has 21 heavy (non-hydrogen) atoms. The molecular formula is C15H18N2O3S. The molecule has 1 saturated heterocycles. The Bertz CT molecular complexity index is 789. The maximum absolute atomic E-state index is 11.5. The molecule has 0 aliphatic carbocycles. The van der Waals surface area contributed by atoms with Crippen molar-refractivity contribution >= 4 is 26.4 Å². The van der Waals surface area contributed by atoms with Crippen LogP contribution in [0.2, 0.25) is 0 Å². The zero-order valence-electron chi connectivity index (χ0n) is 11.8. The Labute approximate surface area is 123 Å². The molecule has 2 aromatic rings. The van der Waals surface area contributed by atoms with E-state index < -0.39 is 15.4 Å². The molecule has 5 nitrogen and oxygen atoms in total. The molecule has 3 rings (SSSR count). The molecule has 6 heteroatoms. The van der Waals surface area contributed by atoms with Crippen molar-refractivity contribution in [2.24, 2.45) is 0 Å². The lowest BCUT2D eigenvalue weighted by Gasteiger charge is -2.23. The molecule has 0 amide bonds. The van der Waals surface area contributed by atoms with Crippen molar-refractivity contribution in [1.29, 1.82) is 0 Å². The standard InChI is InChI=1S/C15H18N2O3S/c1-11-8-16-13-5-3-2-4-12(13)14(11)17-9-15(18)6-7-21(19,20)10-15/h2-5,8,18H,6-7,9-10H2,1H3,(H,16,17). The first kappa shape index (κ1) is 14.3. The SMILES string of the molecule is Cc1cnc2ccccc2c1NCC1(O)CCS(=O)(=O)C1. The van der Waals surface area contributed by atoms with Crippen molar-refractivity contribution in [1.82, 2.24) is 4.98 Å². The van der Waals surface area contributed by atoms with Gasteiger partial charge in [-0.1, -0.05) is 18.2 Å². The van der Waals surface area contributed by atoms with Gasteiger partial charge in [-0.15, -0.1) is 0 Å². The number of nitrogens with one attached hydrogen (secondary N) is 1. The van der Waals surface area contributed by atoms with Crippen LogP contribution in [-0.2, 0) is 9.84 Å². The lowest BCUT2D eigenvalue weighted by molar-refractivity contribution is 0.0815. The number of benzene rings is 1. The molecule has 0 saturated carbocycles. The van der Waals surface area contributed by atoms with Gasteiger partial charge in [0.2, 0.25) is 0 Å². The van der Waals surface area contributed by atoms with Crippen LogP contribution in [0.15, 0.2) is 30.5 Å². The zero-order chi connectivity index (χ0) is 15.1. The fraction of sp³-hybridized carbons (Fsp3) is 0.400. The van der Waals surface area contributed by atoms with Crippen molar-refractivity contribution in [2.75, 3.05) is 23.4 Å². The summed E-state index contributed by atoms with van der Waals surface area (Å²) in [6.07, 6.45) is 2.06. The average molecular weight is 306 g/mol. The summed E-state index contributed by atoms with van der Waals surface area (Å²) in [6.45, 7) is 2.16. The van der Waals surface area contributed by atoms with E-state index in [0.29, 0.717) is 0 Å². The number of aryl methyl sites for hydroxylation is 1. The van der Waals surface area contributed by atoms with Gasteiger partial charge in [0.15, 0.2) is 9.84 Å². The topological polar surface area (TPSA) is 79.3 Å². The first-order chi connectivity index (χ1) is 9.89. The third kappa shape index (κ3) is 2.87. The smallest absolute Gasteiger partial charge is 0.153 e. The van der Waals surface area contributed by atoms with E-state index >= 15 is 0 Å². The van der Waals surface area contributed by atoms with Crippen molar-refractivity contribution in [3.8, 4) is 0 Å². The van der Waals surface area contributed by atoms with E-state index in [1.807, 2.05) is 31.2 Å². The molecule has 1 aliphatic rings. The van der Waals surface area contributed by atoms with Crippen LogP contribution in [0.4, 0.5) is 5.69 Å². The number of rotatable bonds is 3. The predicted molar refractivity (Wildman–Crippen MR) is 83.2 cm³/mol. The Balaban J connectivity index is 1.87. The third-order valence-electron chi connectivity index (χ3n) is 3.93. The van der Waals surface area contributed by atoms with E-state index in [4.69, 9.17) is 0 Å². The lowest BCUT2D eigenvalue weighted by atomic mass is 10.0. The van der Waals surface area contributed by atoms with Crippen LogP contribution in [0.3, 0.4) is 0 Å². The number of nitrogens with zero attached hydrogens (tertiary/aromatic N) is 1. The quantitative estimate of drug-likeness (QED) is 0.898. The highest BCUT2D eigenvalue weighted by molar-refractivity contribution is 7.91. The second-order valence-electron chi connectivity index (χ2n) is 5.75. The Morgan fingerprint density at radius 1 is 1.38 bits per heavy atom. The number of aliphatic hydroxyl groups is 1. The molecule has 0 bridgehead atoms. The van der Waals surface area contributed by atoms with Gasteiger partial charge in [-0.05, 0) is 25.0 Å². The van der Waals surface area contributed by atoms with E-state index in [0.717, 1.165) is 22.2 Å². The largest absolute Gasteiger partial charge is 0.387 e. The molecule has 1 atom stereocenters. The van der Waals surface area contributed by atoms with Crippen molar-refractivity contribution in [3.05, 3.63) is 36.0 Å². The van der Waals surface area contributed by atoms with E-state index in [1.165, 1.54) is 0 Å². The van der Waals surface area contributed by atoms with Gasteiger partial charge in [0.1, 0.15) is 0 Å². The van der Waals surface area contributed by atoms with Crippen molar-refractivity contribution in [2.45, 2.75) is 18.9 Å². The Morgan fingerprint density at radius 2 is 2.14 bits per heavy atom. The Morgan fingerprint density at radius 3 is 2.86 bits per heavy atom. The van der Waals surface area contributed by atoms with E-state index in [1.54, 1.807) is 6.20 Å². The first-order valence-corrected chi connectivity index (χ1v) is 8.72. The van der Waals surface area contributed by atoms with Gasteiger partial charge in [-0.2, -0.15) is 0 Å². The van der Waals surface area contributed by atoms with Crippen LogP contribution >= 0.6 is 0 Å². The number of para-hydroxylation sites is 1. The molecule has 0 spiro atoms. The molecular weight excluding hydrogens is 288 g/mol. The lowest BCUT2D eigenvalue weighted by Crippen LogP contribution is -2.38. The number of hydrogen-bond acceptors (Lipinski definition) is 5. The average Bonchev–Trinajstić information content (AvgIpc) is 2.72. The molecule has 1 fully saturated rings. The number of hydrogen-bond donors (Lipinski definition) is 2. The molecule has 1 aliphatic heterocycles. The van der Waals surface area contributed by atoms with Gasteiger partial charge < -0.3 is 10.4 Å². The number of sulfone groups is 1. The van der Waals surface area contributed by atoms with Gasteiger partial charge >= 0.3 is 0 Å². The van der Waals surface area contributed by atoms with E-state index in [2.05, 4.69) is 10.3 Å². The zero-order valence-corrected chi connectivity index (χ0v) is 12.7. The second-order valence-corrected chi connectivity index (χ2v) is 7.94.